The van der Waals surface area contributed by atoms with Crippen LogP contribution in [0.4, 0.5) is 11.4 Å². The maximum absolute atomic E-state index is 11.5. The van der Waals surface area contributed by atoms with Gasteiger partial charge in [0.05, 0.1) is 30.2 Å². The standard InChI is InChI=1S/C15H22N2O3/c1-19-15(18)11-5-6-13(16)14(10-11)17-8-7-12-4-2-3-9-20-12/h5-6,10,12,17H,2-4,7-9,16H2,1H3. The van der Waals surface area contributed by atoms with E-state index in [9.17, 15) is 4.79 Å². The molecule has 1 aromatic carbocycles. The van der Waals surface area contributed by atoms with Crippen molar-refractivity contribution in [2.24, 2.45) is 0 Å². The van der Waals surface area contributed by atoms with Crippen LogP contribution >= 0.6 is 0 Å². The first-order valence-electron chi connectivity index (χ1n) is 7.04. The molecule has 1 aliphatic heterocycles. The Morgan fingerprint density at radius 3 is 3.05 bits per heavy atom. The lowest BCUT2D eigenvalue weighted by Crippen LogP contribution is -2.22. The molecule has 1 heterocycles. The van der Waals surface area contributed by atoms with E-state index in [4.69, 9.17) is 15.2 Å². The summed E-state index contributed by atoms with van der Waals surface area (Å²) in [6, 6.07) is 5.10. The van der Waals surface area contributed by atoms with E-state index in [1.54, 1.807) is 18.2 Å². The zero-order valence-corrected chi connectivity index (χ0v) is 11.9. The molecule has 0 aromatic heterocycles. The van der Waals surface area contributed by atoms with Crippen molar-refractivity contribution in [1.82, 2.24) is 0 Å². The van der Waals surface area contributed by atoms with E-state index in [-0.39, 0.29) is 5.97 Å². The minimum Gasteiger partial charge on any atom is -0.465 e. The van der Waals surface area contributed by atoms with Crippen molar-refractivity contribution in [2.45, 2.75) is 31.8 Å². The van der Waals surface area contributed by atoms with Gasteiger partial charge >= 0.3 is 5.97 Å². The average Bonchev–Trinajstić information content (AvgIpc) is 2.49. The number of benzene rings is 1. The predicted octanol–water partition coefficient (Wildman–Crippen LogP) is 2.43. The summed E-state index contributed by atoms with van der Waals surface area (Å²) in [4.78, 5) is 11.5. The lowest BCUT2D eigenvalue weighted by molar-refractivity contribution is 0.0134. The molecule has 5 nitrogen and oxygen atoms in total. The summed E-state index contributed by atoms with van der Waals surface area (Å²) in [5.41, 5.74) is 7.80. The van der Waals surface area contributed by atoms with Crippen LogP contribution in [-0.4, -0.2) is 32.3 Å². The maximum atomic E-state index is 11.5. The Balaban J connectivity index is 1.89. The number of ether oxygens (including phenoxy) is 2. The number of anilines is 2. The zero-order valence-electron chi connectivity index (χ0n) is 11.9. The third-order valence-electron chi connectivity index (χ3n) is 3.53. The summed E-state index contributed by atoms with van der Waals surface area (Å²) in [6.07, 6.45) is 4.81. The molecule has 1 saturated heterocycles. The Kier molecular flexibility index (Phi) is 5.24. The molecule has 20 heavy (non-hydrogen) atoms. The lowest BCUT2D eigenvalue weighted by atomic mass is 10.1. The van der Waals surface area contributed by atoms with Crippen LogP contribution in [-0.2, 0) is 9.47 Å². The van der Waals surface area contributed by atoms with Crippen LogP contribution in [0.15, 0.2) is 18.2 Å². The minimum atomic E-state index is -0.358. The van der Waals surface area contributed by atoms with E-state index < -0.39 is 0 Å². The molecule has 1 fully saturated rings. The highest BCUT2D eigenvalue weighted by atomic mass is 16.5. The van der Waals surface area contributed by atoms with Gasteiger partial charge in [0.25, 0.3) is 0 Å². The fourth-order valence-corrected chi connectivity index (χ4v) is 2.36. The third kappa shape index (κ3) is 3.87. The number of carbonyl (C=O) groups is 1. The molecule has 1 aliphatic rings. The summed E-state index contributed by atoms with van der Waals surface area (Å²) in [5.74, 6) is -0.358. The summed E-state index contributed by atoms with van der Waals surface area (Å²) >= 11 is 0. The highest BCUT2D eigenvalue weighted by Crippen LogP contribution is 2.21. The van der Waals surface area contributed by atoms with Gasteiger partial charge in [-0.15, -0.1) is 0 Å². The van der Waals surface area contributed by atoms with Crippen molar-refractivity contribution in [3.8, 4) is 0 Å². The van der Waals surface area contributed by atoms with Gasteiger partial charge in [0.2, 0.25) is 0 Å². The van der Waals surface area contributed by atoms with E-state index in [1.165, 1.54) is 13.5 Å². The zero-order chi connectivity index (χ0) is 14.4. The number of methoxy groups -OCH3 is 1. The second kappa shape index (κ2) is 7.14. The van der Waals surface area contributed by atoms with Crippen LogP contribution in [0.25, 0.3) is 0 Å². The highest BCUT2D eigenvalue weighted by molar-refractivity contribution is 5.91. The quantitative estimate of drug-likeness (QED) is 0.639. The molecule has 1 atom stereocenters. The molecule has 2 rings (SSSR count). The molecule has 0 amide bonds. The molecular weight excluding hydrogens is 256 g/mol. The molecule has 0 saturated carbocycles. The first-order chi connectivity index (χ1) is 9.70. The number of nitrogens with two attached hydrogens (primary N) is 1. The lowest BCUT2D eigenvalue weighted by Gasteiger charge is -2.22. The number of nitrogens with one attached hydrogen (secondary N) is 1. The maximum Gasteiger partial charge on any atom is 0.337 e. The van der Waals surface area contributed by atoms with E-state index >= 15 is 0 Å². The van der Waals surface area contributed by atoms with Gasteiger partial charge in [-0.1, -0.05) is 0 Å². The number of esters is 1. The molecule has 5 heteroatoms. The molecular formula is C15H22N2O3. The van der Waals surface area contributed by atoms with Crippen LogP contribution in [0.2, 0.25) is 0 Å². The smallest absolute Gasteiger partial charge is 0.337 e. The fourth-order valence-electron chi connectivity index (χ4n) is 2.36. The van der Waals surface area contributed by atoms with E-state index in [2.05, 4.69) is 5.32 Å². The fraction of sp³-hybridized carbons (Fsp3) is 0.533. The van der Waals surface area contributed by atoms with Gasteiger partial charge in [0, 0.05) is 13.2 Å². The predicted molar refractivity (Wildman–Crippen MR) is 78.9 cm³/mol. The minimum absolute atomic E-state index is 0.335. The number of hydrogen-bond acceptors (Lipinski definition) is 5. The van der Waals surface area contributed by atoms with Crippen molar-refractivity contribution in [3.63, 3.8) is 0 Å². The molecule has 3 N–H and O–H groups in total. The third-order valence-corrected chi connectivity index (χ3v) is 3.53. The summed E-state index contributed by atoms with van der Waals surface area (Å²) in [6.45, 7) is 1.64. The molecule has 0 radical (unpaired) electrons. The topological polar surface area (TPSA) is 73.6 Å². The van der Waals surface area contributed by atoms with Crippen LogP contribution in [0.1, 0.15) is 36.0 Å². The molecule has 1 aromatic rings. The molecule has 0 spiro atoms. The van der Waals surface area contributed by atoms with Crippen molar-refractivity contribution in [1.29, 1.82) is 0 Å². The summed E-state index contributed by atoms with van der Waals surface area (Å²) < 4.78 is 10.4. The first kappa shape index (κ1) is 14.7. The van der Waals surface area contributed by atoms with Gasteiger partial charge in [-0.25, -0.2) is 4.79 Å². The first-order valence-corrected chi connectivity index (χ1v) is 7.04. The number of nitrogen functional groups attached to an aromatic ring is 1. The van der Waals surface area contributed by atoms with E-state index in [0.29, 0.717) is 17.4 Å². The molecule has 0 bridgehead atoms. The van der Waals surface area contributed by atoms with Crippen LogP contribution in [0.3, 0.4) is 0 Å². The van der Waals surface area contributed by atoms with Gasteiger partial charge in [-0.3, -0.25) is 0 Å². The molecule has 110 valence electrons. The van der Waals surface area contributed by atoms with Gasteiger partial charge < -0.3 is 20.5 Å². The van der Waals surface area contributed by atoms with Crippen LogP contribution in [0.5, 0.6) is 0 Å². The van der Waals surface area contributed by atoms with Gasteiger partial charge in [0.1, 0.15) is 0 Å². The Morgan fingerprint density at radius 1 is 1.50 bits per heavy atom. The number of rotatable bonds is 5. The average molecular weight is 278 g/mol. The summed E-state index contributed by atoms with van der Waals surface area (Å²) in [5, 5.41) is 3.27. The Morgan fingerprint density at radius 2 is 2.35 bits per heavy atom. The van der Waals surface area contributed by atoms with Crippen molar-refractivity contribution >= 4 is 17.3 Å². The van der Waals surface area contributed by atoms with Gasteiger partial charge in [-0.2, -0.15) is 0 Å². The summed E-state index contributed by atoms with van der Waals surface area (Å²) in [7, 11) is 1.37. The Labute approximate surface area is 119 Å². The second-order valence-corrected chi connectivity index (χ2v) is 5.00. The normalized spacial score (nSPS) is 18.6. The van der Waals surface area contributed by atoms with Crippen molar-refractivity contribution in [2.75, 3.05) is 31.3 Å². The molecule has 0 aliphatic carbocycles. The SMILES string of the molecule is COC(=O)c1ccc(N)c(NCCC2CCCCO2)c1. The Bertz CT molecular complexity index is 456. The van der Waals surface area contributed by atoms with Gasteiger partial charge in [-0.05, 0) is 43.9 Å². The van der Waals surface area contributed by atoms with Crippen molar-refractivity contribution in [3.05, 3.63) is 23.8 Å². The highest BCUT2D eigenvalue weighted by Gasteiger charge is 2.13. The monoisotopic (exact) mass is 278 g/mol. The van der Waals surface area contributed by atoms with Crippen LogP contribution < -0.4 is 11.1 Å². The largest absolute Gasteiger partial charge is 0.465 e. The van der Waals surface area contributed by atoms with Crippen molar-refractivity contribution < 1.29 is 14.3 Å². The van der Waals surface area contributed by atoms with E-state index in [1.807, 2.05) is 0 Å². The molecule has 1 unspecified atom stereocenters. The Hall–Kier alpha value is -1.75. The van der Waals surface area contributed by atoms with Gasteiger partial charge in [0.15, 0.2) is 0 Å². The van der Waals surface area contributed by atoms with E-state index in [0.717, 1.165) is 38.1 Å². The number of hydrogen-bond donors (Lipinski definition) is 2. The van der Waals surface area contributed by atoms with Crippen LogP contribution in [0, 0.1) is 0 Å². The second-order valence-electron chi connectivity index (χ2n) is 5.00. The number of carbonyl (C=O) groups excluding carboxylic acids is 1.